The van der Waals surface area contributed by atoms with Crippen molar-refractivity contribution in [2.45, 2.75) is 13.3 Å². The third kappa shape index (κ3) is 3.35. The van der Waals surface area contributed by atoms with Crippen LogP contribution in [0.15, 0.2) is 55.0 Å². The molecule has 2 aromatic heterocycles. The zero-order valence-corrected chi connectivity index (χ0v) is 13.9. The summed E-state index contributed by atoms with van der Waals surface area (Å²) in [5.74, 6) is 0.628. The van der Waals surface area contributed by atoms with E-state index < -0.39 is 0 Å². The van der Waals surface area contributed by atoms with Crippen LogP contribution in [0.3, 0.4) is 0 Å². The first-order valence-corrected chi connectivity index (χ1v) is 8.01. The van der Waals surface area contributed by atoms with Gasteiger partial charge in [-0.15, -0.1) is 0 Å². The fourth-order valence-electron chi connectivity index (χ4n) is 2.49. The summed E-state index contributed by atoms with van der Waals surface area (Å²) >= 11 is 0. The van der Waals surface area contributed by atoms with Gasteiger partial charge < -0.3 is 9.88 Å². The lowest BCUT2D eigenvalue weighted by molar-refractivity contribution is 0.0945. The van der Waals surface area contributed by atoms with Gasteiger partial charge in [-0.1, -0.05) is 37.3 Å². The number of aryl methyl sites for hydroxylation is 1. The minimum atomic E-state index is -0.0626. The monoisotopic (exact) mass is 320 g/mol. The Morgan fingerprint density at radius 1 is 1.08 bits per heavy atom. The van der Waals surface area contributed by atoms with Gasteiger partial charge in [-0.25, -0.2) is 9.97 Å². The molecule has 0 unspecified atom stereocenters. The molecule has 1 amide bonds. The van der Waals surface area contributed by atoms with Crippen LogP contribution < -0.4 is 5.32 Å². The lowest BCUT2D eigenvalue weighted by Gasteiger charge is -2.03. The van der Waals surface area contributed by atoms with Gasteiger partial charge in [0.1, 0.15) is 5.69 Å². The van der Waals surface area contributed by atoms with Gasteiger partial charge in [0.05, 0.1) is 0 Å². The number of amides is 1. The predicted molar refractivity (Wildman–Crippen MR) is 94.5 cm³/mol. The molecule has 0 saturated carbocycles. The van der Waals surface area contributed by atoms with E-state index in [4.69, 9.17) is 0 Å². The molecule has 3 aromatic rings. The van der Waals surface area contributed by atoms with Crippen LogP contribution in [0.4, 0.5) is 0 Å². The average Bonchev–Trinajstić information content (AvgIpc) is 3.02. The van der Waals surface area contributed by atoms with E-state index in [9.17, 15) is 4.79 Å². The standard InChI is InChI=1S/C19H20N4O/c1-3-9-20-19(24)17-10-15(13-23(17)2)16-11-21-18(22-12-16)14-7-5-4-6-8-14/h4-8,10-13H,3,9H2,1-2H3,(H,20,24). The second-order valence-electron chi connectivity index (χ2n) is 5.64. The summed E-state index contributed by atoms with van der Waals surface area (Å²) in [6.07, 6.45) is 6.41. The van der Waals surface area contributed by atoms with Crippen LogP contribution in [-0.4, -0.2) is 27.0 Å². The Balaban J connectivity index is 1.83. The van der Waals surface area contributed by atoms with Crippen molar-refractivity contribution in [2.75, 3.05) is 6.54 Å². The number of rotatable bonds is 5. The second-order valence-corrected chi connectivity index (χ2v) is 5.64. The molecule has 1 N–H and O–H groups in total. The van der Waals surface area contributed by atoms with Gasteiger partial charge in [-0.3, -0.25) is 4.79 Å². The van der Waals surface area contributed by atoms with Gasteiger partial charge in [-0.2, -0.15) is 0 Å². The van der Waals surface area contributed by atoms with Crippen LogP contribution >= 0.6 is 0 Å². The molecule has 0 saturated heterocycles. The Hall–Kier alpha value is -2.95. The van der Waals surface area contributed by atoms with Crippen LogP contribution in [0.1, 0.15) is 23.8 Å². The van der Waals surface area contributed by atoms with Crippen LogP contribution in [0.5, 0.6) is 0 Å². The van der Waals surface area contributed by atoms with Crippen molar-refractivity contribution in [1.29, 1.82) is 0 Å². The summed E-state index contributed by atoms with van der Waals surface area (Å²) in [6.45, 7) is 2.70. The molecule has 5 heteroatoms. The fraction of sp³-hybridized carbons (Fsp3) is 0.211. The molecule has 0 spiro atoms. The molecule has 24 heavy (non-hydrogen) atoms. The molecule has 0 aliphatic heterocycles. The maximum atomic E-state index is 12.1. The van der Waals surface area contributed by atoms with Gasteiger partial charge in [0.15, 0.2) is 5.82 Å². The fourth-order valence-corrected chi connectivity index (χ4v) is 2.49. The molecule has 5 nitrogen and oxygen atoms in total. The highest BCUT2D eigenvalue weighted by molar-refractivity contribution is 5.94. The third-order valence-corrected chi connectivity index (χ3v) is 3.79. The summed E-state index contributed by atoms with van der Waals surface area (Å²) < 4.78 is 1.82. The van der Waals surface area contributed by atoms with Crippen LogP contribution in [0.25, 0.3) is 22.5 Å². The summed E-state index contributed by atoms with van der Waals surface area (Å²) in [7, 11) is 1.86. The highest BCUT2D eigenvalue weighted by Gasteiger charge is 2.12. The van der Waals surface area contributed by atoms with E-state index in [0.29, 0.717) is 18.1 Å². The van der Waals surface area contributed by atoms with Crippen molar-refractivity contribution in [3.63, 3.8) is 0 Å². The molecule has 0 fully saturated rings. The molecule has 3 rings (SSSR count). The molecule has 0 aliphatic carbocycles. The van der Waals surface area contributed by atoms with E-state index in [2.05, 4.69) is 15.3 Å². The predicted octanol–water partition coefficient (Wildman–Crippen LogP) is 3.29. The first-order valence-electron chi connectivity index (χ1n) is 8.01. The van der Waals surface area contributed by atoms with E-state index in [1.54, 1.807) is 12.4 Å². The molecular weight excluding hydrogens is 300 g/mol. The summed E-state index contributed by atoms with van der Waals surface area (Å²) in [4.78, 5) is 21.0. The van der Waals surface area contributed by atoms with E-state index in [1.807, 2.05) is 61.1 Å². The van der Waals surface area contributed by atoms with Crippen molar-refractivity contribution < 1.29 is 4.79 Å². The third-order valence-electron chi connectivity index (χ3n) is 3.79. The molecule has 1 aromatic carbocycles. The number of carbonyl (C=O) groups is 1. The number of carbonyl (C=O) groups excluding carboxylic acids is 1. The van der Waals surface area contributed by atoms with E-state index in [0.717, 1.165) is 23.1 Å². The van der Waals surface area contributed by atoms with E-state index in [-0.39, 0.29) is 5.91 Å². The molecule has 0 atom stereocenters. The summed E-state index contributed by atoms with van der Waals surface area (Å²) in [5.41, 5.74) is 3.43. The zero-order valence-electron chi connectivity index (χ0n) is 13.9. The molecule has 2 heterocycles. The Morgan fingerprint density at radius 3 is 2.46 bits per heavy atom. The highest BCUT2D eigenvalue weighted by atomic mass is 16.1. The molecule has 0 bridgehead atoms. The number of nitrogens with one attached hydrogen (secondary N) is 1. The highest BCUT2D eigenvalue weighted by Crippen LogP contribution is 2.22. The van der Waals surface area contributed by atoms with Crippen molar-refractivity contribution in [2.24, 2.45) is 7.05 Å². The van der Waals surface area contributed by atoms with E-state index >= 15 is 0 Å². The zero-order chi connectivity index (χ0) is 16.9. The lowest BCUT2D eigenvalue weighted by Crippen LogP contribution is -2.25. The first-order chi connectivity index (χ1) is 11.7. The van der Waals surface area contributed by atoms with Crippen molar-refractivity contribution in [3.8, 4) is 22.5 Å². The molecule has 0 radical (unpaired) electrons. The van der Waals surface area contributed by atoms with Crippen LogP contribution in [0, 0.1) is 0 Å². The smallest absolute Gasteiger partial charge is 0.267 e. The van der Waals surface area contributed by atoms with Gasteiger partial charge in [0.2, 0.25) is 0 Å². The summed E-state index contributed by atoms with van der Waals surface area (Å²) in [6, 6.07) is 11.7. The maximum absolute atomic E-state index is 12.1. The largest absolute Gasteiger partial charge is 0.351 e. The Labute approximate surface area is 141 Å². The Bertz CT molecular complexity index is 822. The first kappa shape index (κ1) is 15.9. The minimum absolute atomic E-state index is 0.0626. The number of hydrogen-bond acceptors (Lipinski definition) is 3. The van der Waals surface area contributed by atoms with Crippen molar-refractivity contribution in [3.05, 3.63) is 60.7 Å². The van der Waals surface area contributed by atoms with Gasteiger partial charge >= 0.3 is 0 Å². The van der Waals surface area contributed by atoms with Crippen LogP contribution in [-0.2, 0) is 7.05 Å². The molecule has 0 aliphatic rings. The molecular formula is C19H20N4O. The Kier molecular flexibility index (Phi) is 4.70. The van der Waals surface area contributed by atoms with Crippen molar-refractivity contribution in [1.82, 2.24) is 19.9 Å². The number of nitrogens with zero attached hydrogens (tertiary/aromatic N) is 3. The van der Waals surface area contributed by atoms with E-state index in [1.165, 1.54) is 0 Å². The quantitative estimate of drug-likeness (QED) is 0.785. The van der Waals surface area contributed by atoms with Crippen LogP contribution in [0.2, 0.25) is 0 Å². The van der Waals surface area contributed by atoms with Gasteiger partial charge in [0, 0.05) is 48.9 Å². The average molecular weight is 320 g/mol. The SMILES string of the molecule is CCCNC(=O)c1cc(-c2cnc(-c3ccccc3)nc2)cn1C. The number of hydrogen-bond donors (Lipinski definition) is 1. The Morgan fingerprint density at radius 2 is 1.79 bits per heavy atom. The van der Waals surface area contributed by atoms with Gasteiger partial charge in [-0.05, 0) is 12.5 Å². The maximum Gasteiger partial charge on any atom is 0.267 e. The number of aromatic nitrogens is 3. The minimum Gasteiger partial charge on any atom is -0.351 e. The number of benzene rings is 1. The second kappa shape index (κ2) is 7.08. The molecule has 122 valence electrons. The topological polar surface area (TPSA) is 59.8 Å². The lowest BCUT2D eigenvalue weighted by atomic mass is 10.1. The summed E-state index contributed by atoms with van der Waals surface area (Å²) in [5, 5.41) is 2.89. The van der Waals surface area contributed by atoms with Crippen molar-refractivity contribution >= 4 is 5.91 Å². The normalized spacial score (nSPS) is 10.6. The van der Waals surface area contributed by atoms with Gasteiger partial charge in [0.25, 0.3) is 5.91 Å².